The van der Waals surface area contributed by atoms with Gasteiger partial charge in [0, 0.05) is 0 Å². The van der Waals surface area contributed by atoms with E-state index in [4.69, 9.17) is 20.8 Å². The fourth-order valence-corrected chi connectivity index (χ4v) is 1.41. The second-order valence-corrected chi connectivity index (χ2v) is 4.05. The van der Waals surface area contributed by atoms with E-state index in [1.165, 1.54) is 24.3 Å². The van der Waals surface area contributed by atoms with E-state index < -0.39 is 36.9 Å². The van der Waals surface area contributed by atoms with Crippen LogP contribution in [0.1, 0.15) is 12.0 Å². The molecular formula is C13H13N3O5. The Kier molecular flexibility index (Phi) is 5.70. The molecule has 1 rings (SSSR count). The quantitative estimate of drug-likeness (QED) is 0.611. The zero-order valence-corrected chi connectivity index (χ0v) is 10.9. The van der Waals surface area contributed by atoms with Crippen LogP contribution in [-0.4, -0.2) is 35.5 Å². The van der Waals surface area contributed by atoms with Crippen LogP contribution in [0.15, 0.2) is 24.3 Å². The molecule has 1 atom stereocenters. The maximum atomic E-state index is 11.5. The van der Waals surface area contributed by atoms with Crippen molar-refractivity contribution >= 4 is 17.8 Å². The Morgan fingerprint density at radius 3 is 2.43 bits per heavy atom. The van der Waals surface area contributed by atoms with Crippen LogP contribution < -0.4 is 15.8 Å². The lowest BCUT2D eigenvalue weighted by molar-refractivity contribution is -0.143. The number of hydrogen-bond acceptors (Lipinski definition) is 5. The molecule has 0 heterocycles. The van der Waals surface area contributed by atoms with Gasteiger partial charge in [0.15, 0.2) is 6.61 Å². The number of carboxylic acids is 1. The number of hydrogen-bond donors (Lipinski definition) is 3. The number of primary amides is 1. The van der Waals surface area contributed by atoms with Crippen LogP contribution in [0.4, 0.5) is 0 Å². The van der Waals surface area contributed by atoms with Gasteiger partial charge in [0.05, 0.1) is 18.1 Å². The summed E-state index contributed by atoms with van der Waals surface area (Å²) in [4.78, 5) is 33.0. The van der Waals surface area contributed by atoms with E-state index >= 15 is 0 Å². The molecule has 0 radical (unpaired) electrons. The summed E-state index contributed by atoms with van der Waals surface area (Å²) in [7, 11) is 0. The van der Waals surface area contributed by atoms with E-state index in [-0.39, 0.29) is 0 Å². The molecule has 0 saturated carbocycles. The van der Waals surface area contributed by atoms with E-state index in [9.17, 15) is 14.4 Å². The number of nitrogens with two attached hydrogens (primary N) is 1. The Bertz CT molecular complexity index is 576. The third-order valence-corrected chi connectivity index (χ3v) is 2.39. The Labute approximate surface area is 120 Å². The van der Waals surface area contributed by atoms with E-state index in [2.05, 4.69) is 5.32 Å². The number of ether oxygens (including phenoxy) is 1. The number of rotatable bonds is 7. The molecule has 0 spiro atoms. The predicted molar refractivity (Wildman–Crippen MR) is 70.0 cm³/mol. The third-order valence-electron chi connectivity index (χ3n) is 2.39. The maximum Gasteiger partial charge on any atom is 0.326 e. The maximum absolute atomic E-state index is 11.5. The van der Waals surface area contributed by atoms with Gasteiger partial charge in [-0.1, -0.05) is 0 Å². The number of carbonyl (C=O) groups is 3. The first-order valence-corrected chi connectivity index (χ1v) is 5.86. The van der Waals surface area contributed by atoms with Gasteiger partial charge in [-0.25, -0.2) is 4.79 Å². The summed E-state index contributed by atoms with van der Waals surface area (Å²) in [5, 5.41) is 19.6. The lowest BCUT2D eigenvalue weighted by Gasteiger charge is -2.13. The van der Waals surface area contributed by atoms with Crippen molar-refractivity contribution < 1.29 is 24.2 Å². The number of nitriles is 1. The second-order valence-electron chi connectivity index (χ2n) is 4.05. The summed E-state index contributed by atoms with van der Waals surface area (Å²) in [6, 6.07) is 6.58. The first-order chi connectivity index (χ1) is 9.92. The molecule has 0 fully saturated rings. The molecule has 0 saturated heterocycles. The Hall–Kier alpha value is -3.08. The van der Waals surface area contributed by atoms with Crippen LogP contribution in [0.5, 0.6) is 5.75 Å². The molecule has 1 aromatic carbocycles. The molecule has 2 amide bonds. The van der Waals surface area contributed by atoms with Crippen LogP contribution in [0.3, 0.4) is 0 Å². The van der Waals surface area contributed by atoms with Crippen molar-refractivity contribution in [3.05, 3.63) is 29.8 Å². The van der Waals surface area contributed by atoms with Crippen molar-refractivity contribution in [2.45, 2.75) is 12.5 Å². The fourth-order valence-electron chi connectivity index (χ4n) is 1.41. The third kappa shape index (κ3) is 5.61. The molecule has 8 nitrogen and oxygen atoms in total. The highest BCUT2D eigenvalue weighted by Crippen LogP contribution is 2.11. The minimum absolute atomic E-state index is 0.353. The van der Waals surface area contributed by atoms with E-state index in [0.717, 1.165) is 0 Å². The fraction of sp³-hybridized carbons (Fsp3) is 0.231. The normalized spacial score (nSPS) is 11.0. The summed E-state index contributed by atoms with van der Waals surface area (Å²) in [6.45, 7) is -0.422. The molecule has 1 unspecified atom stereocenters. The number of nitrogens with zero attached hydrogens (tertiary/aromatic N) is 1. The van der Waals surface area contributed by atoms with E-state index in [1.807, 2.05) is 6.07 Å². The first kappa shape index (κ1) is 16.0. The van der Waals surface area contributed by atoms with E-state index in [1.54, 1.807) is 0 Å². The molecule has 8 heteroatoms. The molecule has 110 valence electrons. The van der Waals surface area contributed by atoms with Crippen molar-refractivity contribution in [3.8, 4) is 11.8 Å². The van der Waals surface area contributed by atoms with Crippen molar-refractivity contribution in [2.24, 2.45) is 5.73 Å². The lowest BCUT2D eigenvalue weighted by Crippen LogP contribution is -2.45. The second kappa shape index (κ2) is 7.49. The zero-order valence-electron chi connectivity index (χ0n) is 10.9. The van der Waals surface area contributed by atoms with Crippen LogP contribution in [-0.2, 0) is 14.4 Å². The summed E-state index contributed by atoms with van der Waals surface area (Å²) in [5.74, 6) is -2.55. The average molecular weight is 291 g/mol. The van der Waals surface area contributed by atoms with Gasteiger partial charge in [-0.05, 0) is 24.3 Å². The van der Waals surface area contributed by atoms with Gasteiger partial charge < -0.3 is 20.9 Å². The molecule has 0 aliphatic rings. The standard InChI is InChI=1S/C13H13N3O5/c14-6-8-1-3-9(4-2-8)21-7-12(18)16-10(13(19)20)5-11(15)17/h1-4,10H,5,7H2,(H2,15,17)(H,16,18)(H,19,20). The van der Waals surface area contributed by atoms with Gasteiger partial charge in [0.2, 0.25) is 5.91 Å². The molecule has 4 N–H and O–H groups in total. The molecule has 0 aliphatic heterocycles. The molecule has 21 heavy (non-hydrogen) atoms. The number of carbonyl (C=O) groups excluding carboxylic acids is 2. The van der Waals surface area contributed by atoms with Gasteiger partial charge in [0.25, 0.3) is 5.91 Å². The van der Waals surface area contributed by atoms with Crippen LogP contribution in [0.2, 0.25) is 0 Å². The summed E-state index contributed by atoms with van der Waals surface area (Å²) in [5.41, 5.74) is 5.33. The van der Waals surface area contributed by atoms with Gasteiger partial charge in [-0.3, -0.25) is 9.59 Å². The van der Waals surface area contributed by atoms with Crippen molar-refractivity contribution in [3.63, 3.8) is 0 Å². The zero-order chi connectivity index (χ0) is 15.8. The molecule has 0 aromatic heterocycles. The Morgan fingerprint density at radius 2 is 1.95 bits per heavy atom. The van der Waals surface area contributed by atoms with Crippen molar-refractivity contribution in [2.75, 3.05) is 6.61 Å². The van der Waals surface area contributed by atoms with Crippen molar-refractivity contribution in [1.82, 2.24) is 5.32 Å². The van der Waals surface area contributed by atoms with Crippen LogP contribution in [0, 0.1) is 11.3 Å². The van der Waals surface area contributed by atoms with Gasteiger partial charge in [-0.2, -0.15) is 5.26 Å². The van der Waals surface area contributed by atoms with Crippen molar-refractivity contribution in [1.29, 1.82) is 5.26 Å². The van der Waals surface area contributed by atoms with E-state index in [0.29, 0.717) is 11.3 Å². The van der Waals surface area contributed by atoms with Gasteiger partial charge in [-0.15, -0.1) is 0 Å². The first-order valence-electron chi connectivity index (χ1n) is 5.86. The predicted octanol–water partition coefficient (Wildman–Crippen LogP) is -0.618. The largest absolute Gasteiger partial charge is 0.484 e. The monoisotopic (exact) mass is 291 g/mol. The summed E-state index contributed by atoms with van der Waals surface area (Å²) >= 11 is 0. The summed E-state index contributed by atoms with van der Waals surface area (Å²) in [6.07, 6.45) is -0.502. The topological polar surface area (TPSA) is 143 Å². The minimum Gasteiger partial charge on any atom is -0.484 e. The Morgan fingerprint density at radius 1 is 1.33 bits per heavy atom. The number of amides is 2. The Balaban J connectivity index is 2.50. The van der Waals surface area contributed by atoms with Crippen LogP contribution >= 0.6 is 0 Å². The number of aliphatic carboxylic acids is 1. The van der Waals surface area contributed by atoms with Crippen LogP contribution in [0.25, 0.3) is 0 Å². The highest BCUT2D eigenvalue weighted by molar-refractivity contribution is 5.88. The molecule has 0 aliphatic carbocycles. The lowest BCUT2D eigenvalue weighted by atomic mass is 10.2. The molecule has 1 aromatic rings. The van der Waals surface area contributed by atoms with Gasteiger partial charge >= 0.3 is 5.97 Å². The van der Waals surface area contributed by atoms with Gasteiger partial charge in [0.1, 0.15) is 11.8 Å². The average Bonchev–Trinajstić information content (AvgIpc) is 2.44. The summed E-state index contributed by atoms with van der Waals surface area (Å²) < 4.78 is 5.12. The smallest absolute Gasteiger partial charge is 0.326 e. The minimum atomic E-state index is -1.39. The number of carboxylic acid groups (broad SMARTS) is 1. The highest BCUT2D eigenvalue weighted by atomic mass is 16.5. The number of nitrogens with one attached hydrogen (secondary N) is 1. The highest BCUT2D eigenvalue weighted by Gasteiger charge is 2.22. The molecular weight excluding hydrogens is 278 g/mol. The SMILES string of the molecule is N#Cc1ccc(OCC(=O)NC(CC(N)=O)C(=O)O)cc1. The molecule has 0 bridgehead atoms. The number of benzene rings is 1.